The van der Waals surface area contributed by atoms with Gasteiger partial charge in [-0.2, -0.15) is 0 Å². The Morgan fingerprint density at radius 2 is 1.86 bits per heavy atom. The molecule has 0 amide bonds. The summed E-state index contributed by atoms with van der Waals surface area (Å²) in [5.74, 6) is 0.884. The van der Waals surface area contributed by atoms with Crippen molar-refractivity contribution in [1.29, 1.82) is 0 Å². The summed E-state index contributed by atoms with van der Waals surface area (Å²) in [6.45, 7) is 10.5. The Morgan fingerprint density at radius 1 is 1.14 bits per heavy atom. The number of nitrogens with one attached hydrogen (secondary N) is 1. The van der Waals surface area contributed by atoms with Crippen LogP contribution in [0.5, 0.6) is 5.75 Å². The molecule has 1 heterocycles. The molecule has 3 rings (SSSR count). The van der Waals surface area contributed by atoms with E-state index in [0.717, 1.165) is 32.5 Å². The zero-order chi connectivity index (χ0) is 21.0. The SMILES string of the molecule is CCOc1ccccc1Nc1nnc(S[C@@H](C)C(=O)c2cc(C)c(C)cc2C)s1. The molecule has 0 saturated heterocycles. The van der Waals surface area contributed by atoms with Crippen LogP contribution < -0.4 is 10.1 Å². The number of rotatable bonds is 8. The molecule has 0 aliphatic rings. The second-order valence-electron chi connectivity index (χ2n) is 6.80. The van der Waals surface area contributed by atoms with E-state index in [-0.39, 0.29) is 11.0 Å². The predicted molar refractivity (Wildman–Crippen MR) is 121 cm³/mol. The quantitative estimate of drug-likeness (QED) is 0.353. The molecule has 0 fully saturated rings. The number of hydrogen-bond donors (Lipinski definition) is 1. The molecule has 1 aromatic heterocycles. The number of ether oxygens (including phenoxy) is 1. The van der Waals surface area contributed by atoms with Crippen molar-refractivity contribution in [1.82, 2.24) is 10.2 Å². The molecular formula is C22H25N3O2S2. The number of thioether (sulfide) groups is 1. The number of benzene rings is 2. The van der Waals surface area contributed by atoms with Crippen molar-refractivity contribution in [2.24, 2.45) is 0 Å². The number of nitrogens with zero attached hydrogens (tertiary/aromatic N) is 2. The van der Waals surface area contributed by atoms with E-state index in [0.29, 0.717) is 11.7 Å². The van der Waals surface area contributed by atoms with E-state index in [1.807, 2.05) is 58.0 Å². The normalized spacial score (nSPS) is 11.9. The summed E-state index contributed by atoms with van der Waals surface area (Å²) in [7, 11) is 0. The first kappa shape index (κ1) is 21.3. The van der Waals surface area contributed by atoms with Gasteiger partial charge in [-0.25, -0.2) is 0 Å². The first-order valence-electron chi connectivity index (χ1n) is 9.50. The molecule has 1 N–H and O–H groups in total. The fourth-order valence-electron chi connectivity index (χ4n) is 2.92. The highest BCUT2D eigenvalue weighted by Gasteiger charge is 2.21. The molecule has 0 bridgehead atoms. The van der Waals surface area contributed by atoms with Gasteiger partial charge in [0.2, 0.25) is 5.13 Å². The Morgan fingerprint density at radius 3 is 2.62 bits per heavy atom. The van der Waals surface area contributed by atoms with Crippen LogP contribution in [0.2, 0.25) is 0 Å². The van der Waals surface area contributed by atoms with Gasteiger partial charge in [0.1, 0.15) is 5.75 Å². The molecule has 29 heavy (non-hydrogen) atoms. The molecule has 3 aromatic rings. The standard InChI is InChI=1S/C22H25N3O2S2/c1-6-27-19-10-8-7-9-18(19)23-21-24-25-22(29-21)28-16(5)20(26)17-12-14(3)13(2)11-15(17)4/h7-12,16H,6H2,1-5H3,(H,23,24)/t16-/m0/s1. The summed E-state index contributed by atoms with van der Waals surface area (Å²) in [6.07, 6.45) is 0. The second-order valence-corrected chi connectivity index (χ2v) is 9.37. The molecule has 0 unspecified atom stereocenters. The number of Topliss-reactive ketones (excluding diaryl/α,β-unsaturated/α-hetero) is 1. The largest absolute Gasteiger partial charge is 0.492 e. The highest BCUT2D eigenvalue weighted by molar-refractivity contribution is 8.02. The maximum atomic E-state index is 13.0. The smallest absolute Gasteiger partial charge is 0.210 e. The number of anilines is 2. The molecular weight excluding hydrogens is 402 g/mol. The van der Waals surface area contributed by atoms with Gasteiger partial charge in [-0.3, -0.25) is 4.79 Å². The maximum Gasteiger partial charge on any atom is 0.210 e. The second kappa shape index (κ2) is 9.41. The number of carbonyl (C=O) groups excluding carboxylic acids is 1. The minimum Gasteiger partial charge on any atom is -0.492 e. The summed E-state index contributed by atoms with van der Waals surface area (Å²) in [4.78, 5) is 13.0. The van der Waals surface area contributed by atoms with Crippen LogP contribution in [0.1, 0.15) is 40.9 Å². The van der Waals surface area contributed by atoms with Crippen molar-refractivity contribution >= 4 is 39.7 Å². The average molecular weight is 428 g/mol. The fourth-order valence-corrected chi connectivity index (χ4v) is 4.90. The van der Waals surface area contributed by atoms with Gasteiger partial charge in [-0.15, -0.1) is 10.2 Å². The number of hydrogen-bond acceptors (Lipinski definition) is 7. The molecule has 5 nitrogen and oxygen atoms in total. The van der Waals surface area contributed by atoms with Gasteiger partial charge in [0.25, 0.3) is 0 Å². The molecule has 0 saturated carbocycles. The third-order valence-corrected chi connectivity index (χ3v) is 6.61. The van der Waals surface area contributed by atoms with Crippen molar-refractivity contribution in [3.8, 4) is 5.75 Å². The Hall–Kier alpha value is -2.38. The lowest BCUT2D eigenvalue weighted by Crippen LogP contribution is -2.15. The van der Waals surface area contributed by atoms with Crippen LogP contribution in [0.3, 0.4) is 0 Å². The molecule has 152 valence electrons. The van der Waals surface area contributed by atoms with Crippen molar-refractivity contribution < 1.29 is 9.53 Å². The Kier molecular flexibility index (Phi) is 6.92. The van der Waals surface area contributed by atoms with Gasteiger partial charge >= 0.3 is 0 Å². The molecule has 0 spiro atoms. The van der Waals surface area contributed by atoms with Crippen LogP contribution >= 0.6 is 23.1 Å². The lowest BCUT2D eigenvalue weighted by molar-refractivity contribution is 0.0993. The van der Waals surface area contributed by atoms with E-state index in [2.05, 4.69) is 28.5 Å². The molecule has 0 aliphatic heterocycles. The van der Waals surface area contributed by atoms with Crippen molar-refractivity contribution in [3.05, 3.63) is 58.7 Å². The Bertz CT molecular complexity index is 1020. The summed E-state index contributed by atoms with van der Waals surface area (Å²) in [5, 5.41) is 12.1. The van der Waals surface area contributed by atoms with Crippen LogP contribution in [0.25, 0.3) is 0 Å². The van der Waals surface area contributed by atoms with Crippen LogP contribution in [-0.2, 0) is 0 Å². The van der Waals surface area contributed by atoms with E-state index in [1.54, 1.807) is 0 Å². The van der Waals surface area contributed by atoms with Crippen LogP contribution in [0.4, 0.5) is 10.8 Å². The maximum absolute atomic E-state index is 13.0. The molecule has 2 aromatic carbocycles. The third kappa shape index (κ3) is 5.16. The molecule has 1 atom stereocenters. The Balaban J connectivity index is 1.70. The van der Waals surface area contributed by atoms with Gasteiger partial charge < -0.3 is 10.1 Å². The van der Waals surface area contributed by atoms with E-state index in [4.69, 9.17) is 4.74 Å². The van der Waals surface area contributed by atoms with Gasteiger partial charge in [0, 0.05) is 5.56 Å². The summed E-state index contributed by atoms with van der Waals surface area (Å²) < 4.78 is 6.39. The zero-order valence-electron chi connectivity index (χ0n) is 17.3. The van der Waals surface area contributed by atoms with E-state index in [1.165, 1.54) is 28.7 Å². The average Bonchev–Trinajstić information content (AvgIpc) is 3.12. The van der Waals surface area contributed by atoms with E-state index in [9.17, 15) is 4.79 Å². The predicted octanol–water partition coefficient (Wildman–Crippen LogP) is 5.97. The van der Waals surface area contributed by atoms with Gasteiger partial charge in [-0.05, 0) is 69.5 Å². The molecule has 0 aliphatic carbocycles. The number of aryl methyl sites for hydroxylation is 3. The van der Waals surface area contributed by atoms with Gasteiger partial charge in [0.05, 0.1) is 17.5 Å². The summed E-state index contributed by atoms with van der Waals surface area (Å²) in [6, 6.07) is 11.8. The number of para-hydroxylation sites is 2. The minimum atomic E-state index is -0.243. The van der Waals surface area contributed by atoms with Gasteiger partial charge in [0.15, 0.2) is 10.1 Å². The monoisotopic (exact) mass is 427 g/mol. The minimum absolute atomic E-state index is 0.113. The highest BCUT2D eigenvalue weighted by atomic mass is 32.2. The lowest BCUT2D eigenvalue weighted by atomic mass is 9.97. The van der Waals surface area contributed by atoms with Crippen LogP contribution in [0.15, 0.2) is 40.7 Å². The summed E-state index contributed by atoms with van der Waals surface area (Å²) >= 11 is 2.86. The van der Waals surface area contributed by atoms with Crippen molar-refractivity contribution in [3.63, 3.8) is 0 Å². The molecule has 7 heteroatoms. The van der Waals surface area contributed by atoms with Gasteiger partial charge in [-0.1, -0.05) is 41.3 Å². The number of ketones is 1. The van der Waals surface area contributed by atoms with E-state index < -0.39 is 0 Å². The fraction of sp³-hybridized carbons (Fsp3) is 0.318. The summed E-state index contributed by atoms with van der Waals surface area (Å²) in [5.41, 5.74) is 4.97. The topological polar surface area (TPSA) is 64.1 Å². The lowest BCUT2D eigenvalue weighted by Gasteiger charge is -2.12. The number of carbonyl (C=O) groups is 1. The van der Waals surface area contributed by atoms with E-state index >= 15 is 0 Å². The third-order valence-electron chi connectivity index (χ3n) is 4.59. The first-order chi connectivity index (χ1) is 13.9. The van der Waals surface area contributed by atoms with Crippen molar-refractivity contribution in [2.75, 3.05) is 11.9 Å². The molecule has 0 radical (unpaired) electrons. The highest BCUT2D eigenvalue weighted by Crippen LogP contribution is 2.34. The van der Waals surface area contributed by atoms with Crippen LogP contribution in [0, 0.1) is 20.8 Å². The zero-order valence-corrected chi connectivity index (χ0v) is 18.9. The van der Waals surface area contributed by atoms with Crippen molar-refractivity contribution in [2.45, 2.75) is 44.2 Å². The first-order valence-corrected chi connectivity index (χ1v) is 11.2. The number of aromatic nitrogens is 2. The Labute approximate surface area is 179 Å². The van der Waals surface area contributed by atoms with Crippen LogP contribution in [-0.4, -0.2) is 27.8 Å².